The molecule has 0 spiro atoms. The molecule has 2 aromatic rings. The molecule has 0 saturated carbocycles. The lowest BCUT2D eigenvalue weighted by Gasteiger charge is -2.19. The van der Waals surface area contributed by atoms with Gasteiger partial charge in [-0.3, -0.25) is 0 Å². The highest BCUT2D eigenvalue weighted by molar-refractivity contribution is 5.69. The molecule has 4 heteroatoms. The first-order valence-electron chi connectivity index (χ1n) is 5.23. The first-order chi connectivity index (χ1) is 7.83. The number of aliphatic hydroxyl groups excluding tert-OH is 2. The fourth-order valence-corrected chi connectivity index (χ4v) is 2.37. The Kier molecular flexibility index (Phi) is 2.05. The van der Waals surface area contributed by atoms with Gasteiger partial charge in [0.25, 0.3) is 0 Å². The van der Waals surface area contributed by atoms with Crippen LogP contribution in [-0.2, 0) is 0 Å². The first-order valence-corrected chi connectivity index (χ1v) is 5.23. The summed E-state index contributed by atoms with van der Waals surface area (Å²) < 4.78 is 1.91. The van der Waals surface area contributed by atoms with Gasteiger partial charge in [-0.2, -0.15) is 0 Å². The van der Waals surface area contributed by atoms with Crippen molar-refractivity contribution in [2.24, 2.45) is 0 Å². The van der Waals surface area contributed by atoms with Crippen LogP contribution in [0.5, 0.6) is 0 Å². The Labute approximate surface area is 92.8 Å². The maximum atomic E-state index is 9.87. The van der Waals surface area contributed by atoms with E-state index in [0.29, 0.717) is 0 Å². The van der Waals surface area contributed by atoms with Crippen molar-refractivity contribution in [3.8, 4) is 11.3 Å². The van der Waals surface area contributed by atoms with Gasteiger partial charge in [-0.1, -0.05) is 24.3 Å². The second-order valence-corrected chi connectivity index (χ2v) is 3.97. The highest BCUT2D eigenvalue weighted by atomic mass is 16.3. The number of benzene rings is 1. The highest BCUT2D eigenvalue weighted by Crippen LogP contribution is 2.40. The van der Waals surface area contributed by atoms with Crippen molar-refractivity contribution in [2.45, 2.75) is 12.1 Å². The van der Waals surface area contributed by atoms with Crippen LogP contribution in [0.2, 0.25) is 0 Å². The van der Waals surface area contributed by atoms with Crippen molar-refractivity contribution in [1.82, 2.24) is 9.55 Å². The van der Waals surface area contributed by atoms with Crippen LogP contribution in [0.25, 0.3) is 11.3 Å². The van der Waals surface area contributed by atoms with E-state index in [1.807, 2.05) is 28.8 Å². The quantitative estimate of drug-likeness (QED) is 0.781. The van der Waals surface area contributed by atoms with Gasteiger partial charge in [-0.05, 0) is 5.56 Å². The van der Waals surface area contributed by atoms with Crippen LogP contribution in [0.4, 0.5) is 0 Å². The predicted molar refractivity (Wildman–Crippen MR) is 58.9 cm³/mol. The third-order valence-electron chi connectivity index (χ3n) is 3.07. The molecule has 4 nitrogen and oxygen atoms in total. The molecule has 1 aromatic heterocycles. The van der Waals surface area contributed by atoms with Crippen LogP contribution >= 0.6 is 0 Å². The number of fused-ring (bicyclic) bond motifs is 3. The maximum absolute atomic E-state index is 9.87. The summed E-state index contributed by atoms with van der Waals surface area (Å²) in [5, 5.41) is 19.0. The Morgan fingerprint density at radius 1 is 1.38 bits per heavy atom. The minimum Gasteiger partial charge on any atom is -0.394 e. The fraction of sp³-hybridized carbons (Fsp3) is 0.250. The number of hydrogen-bond donors (Lipinski definition) is 2. The lowest BCUT2D eigenvalue weighted by atomic mass is 10.00. The zero-order valence-corrected chi connectivity index (χ0v) is 8.61. The van der Waals surface area contributed by atoms with Gasteiger partial charge in [-0.15, -0.1) is 0 Å². The van der Waals surface area contributed by atoms with Gasteiger partial charge in [0.15, 0.2) is 0 Å². The summed E-state index contributed by atoms with van der Waals surface area (Å²) in [4.78, 5) is 4.08. The monoisotopic (exact) mass is 216 g/mol. The molecule has 1 aliphatic heterocycles. The predicted octanol–water partition coefficient (Wildman–Crippen LogP) is 0.806. The molecule has 0 aliphatic carbocycles. The summed E-state index contributed by atoms with van der Waals surface area (Å²) in [6.07, 6.45) is 2.68. The summed E-state index contributed by atoms with van der Waals surface area (Å²) in [7, 11) is 0. The van der Waals surface area contributed by atoms with Gasteiger partial charge in [0.05, 0.1) is 30.9 Å². The van der Waals surface area contributed by atoms with Crippen LogP contribution in [0.1, 0.15) is 11.6 Å². The van der Waals surface area contributed by atoms with E-state index in [0.717, 1.165) is 16.8 Å². The van der Waals surface area contributed by atoms with Crippen molar-refractivity contribution < 1.29 is 10.2 Å². The fourth-order valence-electron chi connectivity index (χ4n) is 2.37. The van der Waals surface area contributed by atoms with Crippen molar-refractivity contribution >= 4 is 0 Å². The van der Waals surface area contributed by atoms with Crippen molar-refractivity contribution in [1.29, 1.82) is 0 Å². The van der Waals surface area contributed by atoms with E-state index in [1.165, 1.54) is 0 Å². The topological polar surface area (TPSA) is 58.3 Å². The highest BCUT2D eigenvalue weighted by Gasteiger charge is 2.32. The van der Waals surface area contributed by atoms with E-state index in [9.17, 15) is 5.11 Å². The number of nitrogens with zero attached hydrogens (tertiary/aromatic N) is 2. The molecule has 3 rings (SSSR count). The minimum atomic E-state index is -0.795. The molecule has 2 N–H and O–H groups in total. The maximum Gasteiger partial charge on any atom is 0.102 e. The van der Waals surface area contributed by atoms with E-state index < -0.39 is 6.10 Å². The molecule has 1 unspecified atom stereocenters. The minimum absolute atomic E-state index is 0.223. The van der Waals surface area contributed by atoms with Crippen molar-refractivity contribution in [3.05, 3.63) is 42.4 Å². The largest absolute Gasteiger partial charge is 0.394 e. The molecule has 2 atom stereocenters. The van der Waals surface area contributed by atoms with Crippen LogP contribution in [-0.4, -0.2) is 32.5 Å². The van der Waals surface area contributed by atoms with Crippen LogP contribution in [0, 0.1) is 0 Å². The summed E-state index contributed by atoms with van der Waals surface area (Å²) in [6, 6.07) is 7.66. The van der Waals surface area contributed by atoms with Gasteiger partial charge in [0, 0.05) is 5.56 Å². The van der Waals surface area contributed by atoms with E-state index in [1.54, 1.807) is 12.5 Å². The number of hydrogen-bond acceptors (Lipinski definition) is 3. The summed E-state index contributed by atoms with van der Waals surface area (Å²) in [5.41, 5.74) is 3.12. The number of rotatable bonds is 2. The molecule has 0 saturated heterocycles. The summed E-state index contributed by atoms with van der Waals surface area (Å²) in [6.45, 7) is -0.253. The van der Waals surface area contributed by atoms with Gasteiger partial charge >= 0.3 is 0 Å². The molecular weight excluding hydrogens is 204 g/mol. The average Bonchev–Trinajstić information content (AvgIpc) is 2.87. The zero-order chi connectivity index (χ0) is 11.1. The number of imidazole rings is 1. The SMILES string of the molecule is OCC(O)[C@@H]1c2ccccc2-c2cncn21. The Morgan fingerprint density at radius 3 is 3.00 bits per heavy atom. The van der Waals surface area contributed by atoms with Gasteiger partial charge in [-0.25, -0.2) is 4.98 Å². The number of aliphatic hydroxyl groups is 2. The molecule has 82 valence electrons. The molecule has 2 heterocycles. The van der Waals surface area contributed by atoms with E-state index >= 15 is 0 Å². The Balaban J connectivity index is 2.21. The Bertz CT molecular complexity index is 521. The van der Waals surface area contributed by atoms with E-state index in [-0.39, 0.29) is 12.6 Å². The van der Waals surface area contributed by atoms with Crippen LogP contribution < -0.4 is 0 Å². The van der Waals surface area contributed by atoms with Crippen LogP contribution in [0.3, 0.4) is 0 Å². The number of aromatic nitrogens is 2. The Morgan fingerprint density at radius 2 is 2.19 bits per heavy atom. The third-order valence-corrected chi connectivity index (χ3v) is 3.07. The molecule has 0 amide bonds. The van der Waals surface area contributed by atoms with Crippen LogP contribution in [0.15, 0.2) is 36.8 Å². The first kappa shape index (κ1) is 9.57. The van der Waals surface area contributed by atoms with Gasteiger partial charge in [0.2, 0.25) is 0 Å². The van der Waals surface area contributed by atoms with Gasteiger partial charge < -0.3 is 14.8 Å². The summed E-state index contributed by atoms with van der Waals surface area (Å²) in [5.74, 6) is 0. The lowest BCUT2D eigenvalue weighted by molar-refractivity contribution is 0.0663. The van der Waals surface area contributed by atoms with Crippen molar-refractivity contribution in [2.75, 3.05) is 6.61 Å². The second kappa shape index (κ2) is 3.43. The molecule has 0 fully saturated rings. The van der Waals surface area contributed by atoms with E-state index in [4.69, 9.17) is 5.11 Å². The molecule has 1 aliphatic rings. The molecule has 0 bridgehead atoms. The van der Waals surface area contributed by atoms with Gasteiger partial charge in [0.1, 0.15) is 6.10 Å². The lowest BCUT2D eigenvalue weighted by Crippen LogP contribution is -2.25. The molecular formula is C12H12N2O2. The normalized spacial score (nSPS) is 19.2. The smallest absolute Gasteiger partial charge is 0.102 e. The van der Waals surface area contributed by atoms with Crippen molar-refractivity contribution in [3.63, 3.8) is 0 Å². The third kappa shape index (κ3) is 1.14. The summed E-state index contributed by atoms with van der Waals surface area (Å²) >= 11 is 0. The standard InChI is InChI=1S/C12H12N2O2/c15-6-11(16)12-9-4-2-1-3-8(9)10-5-13-7-14(10)12/h1-5,7,11-12,15-16H,6H2/t11?,12-/m0/s1. The molecule has 1 aromatic carbocycles. The second-order valence-electron chi connectivity index (χ2n) is 3.97. The average molecular weight is 216 g/mol. The molecule has 0 radical (unpaired) electrons. The van der Waals surface area contributed by atoms with E-state index in [2.05, 4.69) is 4.98 Å². The molecule has 16 heavy (non-hydrogen) atoms. The Hall–Kier alpha value is -1.65. The zero-order valence-electron chi connectivity index (χ0n) is 8.61.